The number of para-hydroxylation sites is 1. The fourth-order valence-electron chi connectivity index (χ4n) is 2.66. The van der Waals surface area contributed by atoms with Crippen LogP contribution >= 0.6 is 11.8 Å². The van der Waals surface area contributed by atoms with Crippen LogP contribution in [0.1, 0.15) is 19.4 Å². The zero-order valence-corrected chi connectivity index (χ0v) is 14.5. The highest BCUT2D eigenvalue weighted by atomic mass is 32.2. The number of benzene rings is 2. The highest BCUT2D eigenvalue weighted by molar-refractivity contribution is 8.01. The number of nitrogens with one attached hydrogen (secondary N) is 2. The molecule has 1 heterocycles. The predicted octanol–water partition coefficient (Wildman–Crippen LogP) is 3.94. The molecule has 4 nitrogen and oxygen atoms in total. The zero-order valence-electron chi connectivity index (χ0n) is 13.7. The molecule has 3 rings (SSSR count). The van der Waals surface area contributed by atoms with Crippen LogP contribution in [0, 0.1) is 5.92 Å². The Hall–Kier alpha value is -2.27. The van der Waals surface area contributed by atoms with Crippen molar-refractivity contribution in [3.8, 4) is 0 Å². The molecule has 2 aromatic rings. The maximum absolute atomic E-state index is 12.6. The number of hydrogen-bond acceptors (Lipinski definition) is 3. The summed E-state index contributed by atoms with van der Waals surface area (Å²) in [6.45, 7) is 3.87. The smallest absolute Gasteiger partial charge is 0.238 e. The van der Waals surface area contributed by atoms with Crippen molar-refractivity contribution in [2.45, 2.75) is 30.4 Å². The van der Waals surface area contributed by atoms with Gasteiger partial charge in [0.1, 0.15) is 0 Å². The summed E-state index contributed by atoms with van der Waals surface area (Å²) in [7, 11) is 0. The van der Waals surface area contributed by atoms with Crippen LogP contribution in [-0.2, 0) is 16.0 Å². The third kappa shape index (κ3) is 3.46. The van der Waals surface area contributed by atoms with Gasteiger partial charge >= 0.3 is 0 Å². The van der Waals surface area contributed by atoms with E-state index in [4.69, 9.17) is 0 Å². The van der Waals surface area contributed by atoms with Gasteiger partial charge in [0.05, 0.1) is 16.9 Å². The first-order chi connectivity index (χ1) is 11.6. The van der Waals surface area contributed by atoms with Gasteiger partial charge in [0.2, 0.25) is 11.8 Å². The number of hydrogen-bond donors (Lipinski definition) is 2. The molecule has 0 radical (unpaired) electrons. The molecule has 1 aliphatic heterocycles. The normalized spacial score (nSPS) is 17.6. The Labute approximate surface area is 146 Å². The number of anilines is 2. The minimum atomic E-state index is -0.436. The van der Waals surface area contributed by atoms with Crippen molar-refractivity contribution in [1.29, 1.82) is 0 Å². The van der Waals surface area contributed by atoms with Crippen molar-refractivity contribution in [3.05, 3.63) is 54.1 Å². The molecule has 0 aromatic heterocycles. The molecule has 0 spiro atoms. The first-order valence-corrected chi connectivity index (χ1v) is 8.93. The summed E-state index contributed by atoms with van der Waals surface area (Å²) >= 11 is 1.45. The summed E-state index contributed by atoms with van der Waals surface area (Å²) in [5, 5.41) is 5.38. The highest BCUT2D eigenvalue weighted by Crippen LogP contribution is 2.38. The summed E-state index contributed by atoms with van der Waals surface area (Å²) in [6, 6.07) is 15.4. The average molecular weight is 340 g/mol. The van der Waals surface area contributed by atoms with Crippen LogP contribution in [-0.4, -0.2) is 17.1 Å². The molecule has 0 saturated heterocycles. The van der Waals surface area contributed by atoms with Gasteiger partial charge in [0.15, 0.2) is 0 Å². The van der Waals surface area contributed by atoms with Crippen LogP contribution in [0.3, 0.4) is 0 Å². The van der Waals surface area contributed by atoms with Crippen molar-refractivity contribution >= 4 is 35.0 Å². The van der Waals surface area contributed by atoms with Gasteiger partial charge in [0, 0.05) is 10.6 Å². The van der Waals surface area contributed by atoms with E-state index in [9.17, 15) is 9.59 Å². The molecule has 2 atom stereocenters. The Morgan fingerprint density at radius 1 is 1.25 bits per heavy atom. The molecule has 0 fully saturated rings. The molecular weight excluding hydrogens is 320 g/mol. The van der Waals surface area contributed by atoms with Crippen LogP contribution in [0.2, 0.25) is 0 Å². The molecular formula is C19H20N2O2S. The number of rotatable bonds is 4. The standard InChI is InChI=1S/C19H20N2O2S/c1-3-13-7-6-8-14(11-13)20-18(22)12(2)17-19(23)21-15-9-4-5-10-16(15)24-17/h4-12,17H,3H2,1-2H3,(H,20,22)(H,21,23). The molecule has 5 heteroatoms. The Morgan fingerprint density at radius 3 is 2.83 bits per heavy atom. The summed E-state index contributed by atoms with van der Waals surface area (Å²) in [4.78, 5) is 25.9. The van der Waals surface area contributed by atoms with E-state index in [0.29, 0.717) is 0 Å². The highest BCUT2D eigenvalue weighted by Gasteiger charge is 2.35. The molecule has 0 bridgehead atoms. The lowest BCUT2D eigenvalue weighted by Crippen LogP contribution is -2.39. The molecule has 2 unspecified atom stereocenters. The molecule has 1 aliphatic rings. The number of aryl methyl sites for hydroxylation is 1. The van der Waals surface area contributed by atoms with Gasteiger partial charge in [-0.2, -0.15) is 0 Å². The quantitative estimate of drug-likeness (QED) is 0.886. The fourth-order valence-corrected chi connectivity index (χ4v) is 3.83. The topological polar surface area (TPSA) is 58.2 Å². The molecule has 24 heavy (non-hydrogen) atoms. The van der Waals surface area contributed by atoms with Crippen molar-refractivity contribution in [1.82, 2.24) is 0 Å². The number of carbonyl (C=O) groups excluding carboxylic acids is 2. The Bertz CT molecular complexity index is 775. The lowest BCUT2D eigenvalue weighted by Gasteiger charge is -2.27. The van der Waals surface area contributed by atoms with Gasteiger partial charge in [-0.15, -0.1) is 11.8 Å². The summed E-state index contributed by atoms with van der Waals surface area (Å²) in [6.07, 6.45) is 0.914. The molecule has 0 aliphatic carbocycles. The van der Waals surface area contributed by atoms with Crippen molar-refractivity contribution in [2.75, 3.05) is 10.6 Å². The van der Waals surface area contributed by atoms with E-state index in [2.05, 4.69) is 17.6 Å². The van der Waals surface area contributed by atoms with E-state index in [0.717, 1.165) is 22.7 Å². The van der Waals surface area contributed by atoms with Gasteiger partial charge < -0.3 is 10.6 Å². The summed E-state index contributed by atoms with van der Waals surface area (Å²) < 4.78 is 0. The van der Waals surface area contributed by atoms with Gasteiger partial charge in [0.25, 0.3) is 0 Å². The van der Waals surface area contributed by atoms with E-state index in [-0.39, 0.29) is 11.8 Å². The maximum Gasteiger partial charge on any atom is 0.238 e. The lowest BCUT2D eigenvalue weighted by atomic mass is 10.0. The van der Waals surface area contributed by atoms with E-state index >= 15 is 0 Å². The zero-order chi connectivity index (χ0) is 17.1. The minimum absolute atomic E-state index is 0.122. The molecule has 2 N–H and O–H groups in total. The number of carbonyl (C=O) groups is 2. The van der Waals surface area contributed by atoms with Gasteiger partial charge in [-0.05, 0) is 36.2 Å². The largest absolute Gasteiger partial charge is 0.326 e. The molecule has 0 saturated carbocycles. The second kappa shape index (κ2) is 7.09. The first kappa shape index (κ1) is 16.6. The summed E-state index contributed by atoms with van der Waals surface area (Å²) in [5.41, 5.74) is 2.75. The van der Waals surface area contributed by atoms with Gasteiger partial charge in [-0.25, -0.2) is 0 Å². The minimum Gasteiger partial charge on any atom is -0.326 e. The number of amides is 2. The maximum atomic E-state index is 12.6. The summed E-state index contributed by atoms with van der Waals surface area (Å²) in [5.74, 6) is -0.701. The van der Waals surface area contributed by atoms with Gasteiger partial charge in [-0.1, -0.05) is 38.1 Å². The second-order valence-corrected chi connectivity index (χ2v) is 7.04. The lowest BCUT2D eigenvalue weighted by molar-refractivity contribution is -0.123. The van der Waals surface area contributed by atoms with Crippen LogP contribution in [0.5, 0.6) is 0 Å². The van der Waals surface area contributed by atoms with E-state index in [1.807, 2.05) is 48.5 Å². The van der Waals surface area contributed by atoms with Crippen molar-refractivity contribution < 1.29 is 9.59 Å². The monoisotopic (exact) mass is 340 g/mol. The third-order valence-electron chi connectivity index (χ3n) is 4.13. The van der Waals surface area contributed by atoms with Crippen LogP contribution in [0.25, 0.3) is 0 Å². The average Bonchev–Trinajstić information content (AvgIpc) is 2.60. The van der Waals surface area contributed by atoms with E-state index < -0.39 is 11.2 Å². The second-order valence-electron chi connectivity index (χ2n) is 5.86. The SMILES string of the molecule is CCc1cccc(NC(=O)C(C)C2Sc3ccccc3NC2=O)c1. The first-order valence-electron chi connectivity index (χ1n) is 8.05. The van der Waals surface area contributed by atoms with Crippen molar-refractivity contribution in [2.24, 2.45) is 5.92 Å². The third-order valence-corrected chi connectivity index (χ3v) is 5.61. The number of thioether (sulfide) groups is 1. The molecule has 124 valence electrons. The van der Waals surface area contributed by atoms with Crippen LogP contribution < -0.4 is 10.6 Å². The van der Waals surface area contributed by atoms with Crippen LogP contribution in [0.4, 0.5) is 11.4 Å². The van der Waals surface area contributed by atoms with Crippen LogP contribution in [0.15, 0.2) is 53.4 Å². The Kier molecular flexibility index (Phi) is 4.90. The van der Waals surface area contributed by atoms with Crippen molar-refractivity contribution in [3.63, 3.8) is 0 Å². The Morgan fingerprint density at radius 2 is 2.04 bits per heavy atom. The number of fused-ring (bicyclic) bond motifs is 1. The molecule has 2 amide bonds. The fraction of sp³-hybridized carbons (Fsp3) is 0.263. The van der Waals surface area contributed by atoms with E-state index in [1.54, 1.807) is 6.92 Å². The van der Waals surface area contributed by atoms with Gasteiger partial charge in [-0.3, -0.25) is 9.59 Å². The van der Waals surface area contributed by atoms with E-state index in [1.165, 1.54) is 17.3 Å². The molecule has 2 aromatic carbocycles. The predicted molar refractivity (Wildman–Crippen MR) is 98.3 cm³/mol. The Balaban J connectivity index is 1.72.